The molecule has 0 amide bonds. The van der Waals surface area contributed by atoms with Gasteiger partial charge in [-0.15, -0.1) is 0 Å². The van der Waals surface area contributed by atoms with Crippen molar-refractivity contribution in [3.63, 3.8) is 0 Å². The zero-order valence-electron chi connectivity index (χ0n) is 12.1. The van der Waals surface area contributed by atoms with Gasteiger partial charge < -0.3 is 10.5 Å². The molecule has 2 N–H and O–H groups in total. The van der Waals surface area contributed by atoms with E-state index in [1.54, 1.807) is 12.1 Å². The van der Waals surface area contributed by atoms with Crippen LogP contribution in [0.1, 0.15) is 42.5 Å². The molecule has 2 aromatic rings. The molecule has 0 spiro atoms. The van der Waals surface area contributed by atoms with E-state index in [0.717, 1.165) is 11.1 Å². The molecule has 106 valence electrons. The lowest BCUT2D eigenvalue weighted by molar-refractivity contribution is 0.385. The fourth-order valence-electron chi connectivity index (χ4n) is 2.15. The summed E-state index contributed by atoms with van der Waals surface area (Å²) in [6.07, 6.45) is 0. The van der Waals surface area contributed by atoms with Crippen LogP contribution in [0.25, 0.3) is 0 Å². The molecule has 0 fully saturated rings. The Morgan fingerprint density at radius 3 is 2.05 bits per heavy atom. The van der Waals surface area contributed by atoms with Crippen molar-refractivity contribution < 1.29 is 9.13 Å². The number of nitrogens with two attached hydrogens (primary N) is 1. The predicted octanol–water partition coefficient (Wildman–Crippen LogP) is 4.01. The molecule has 0 aliphatic carbocycles. The number of rotatable bonds is 4. The lowest BCUT2D eigenvalue weighted by Crippen LogP contribution is -2.12. The van der Waals surface area contributed by atoms with Crippen LogP contribution in [0.2, 0.25) is 0 Å². The van der Waals surface area contributed by atoms with Gasteiger partial charge in [0.25, 0.3) is 0 Å². The summed E-state index contributed by atoms with van der Waals surface area (Å²) >= 11 is 0. The van der Waals surface area contributed by atoms with E-state index < -0.39 is 0 Å². The van der Waals surface area contributed by atoms with Gasteiger partial charge >= 0.3 is 0 Å². The van der Waals surface area contributed by atoms with Crippen LogP contribution in [0.5, 0.6) is 5.75 Å². The van der Waals surface area contributed by atoms with E-state index in [1.807, 2.05) is 12.1 Å². The molecule has 0 aliphatic rings. The number of methoxy groups -OCH3 is 1. The van der Waals surface area contributed by atoms with Gasteiger partial charge in [0.15, 0.2) is 11.6 Å². The van der Waals surface area contributed by atoms with Crippen molar-refractivity contribution in [1.82, 2.24) is 0 Å². The van der Waals surface area contributed by atoms with Gasteiger partial charge in [0.2, 0.25) is 0 Å². The SMILES string of the molecule is COc1cc(C(N)c2ccc(C(C)C)cc2)ccc1F. The molecule has 1 atom stereocenters. The Kier molecular flexibility index (Phi) is 4.40. The summed E-state index contributed by atoms with van der Waals surface area (Å²) in [4.78, 5) is 0. The van der Waals surface area contributed by atoms with Crippen LogP contribution >= 0.6 is 0 Å². The van der Waals surface area contributed by atoms with Crippen LogP contribution in [0.3, 0.4) is 0 Å². The monoisotopic (exact) mass is 273 g/mol. The Labute approximate surface area is 119 Å². The number of halogens is 1. The lowest BCUT2D eigenvalue weighted by Gasteiger charge is -2.15. The first-order chi connectivity index (χ1) is 9.52. The lowest BCUT2D eigenvalue weighted by atomic mass is 9.96. The van der Waals surface area contributed by atoms with Crippen molar-refractivity contribution in [2.24, 2.45) is 5.73 Å². The third kappa shape index (κ3) is 2.99. The Morgan fingerprint density at radius 1 is 0.950 bits per heavy atom. The summed E-state index contributed by atoms with van der Waals surface area (Å²) in [6, 6.07) is 12.7. The van der Waals surface area contributed by atoms with E-state index in [9.17, 15) is 4.39 Å². The largest absolute Gasteiger partial charge is 0.494 e. The molecular weight excluding hydrogens is 253 g/mol. The van der Waals surface area contributed by atoms with Gasteiger partial charge in [-0.25, -0.2) is 4.39 Å². The minimum atomic E-state index is -0.376. The van der Waals surface area contributed by atoms with Crippen molar-refractivity contribution in [2.75, 3.05) is 7.11 Å². The van der Waals surface area contributed by atoms with Gasteiger partial charge in [-0.05, 0) is 34.7 Å². The Morgan fingerprint density at radius 2 is 1.50 bits per heavy atom. The average molecular weight is 273 g/mol. The fourth-order valence-corrected chi connectivity index (χ4v) is 2.15. The van der Waals surface area contributed by atoms with E-state index in [2.05, 4.69) is 26.0 Å². The van der Waals surface area contributed by atoms with Crippen molar-refractivity contribution in [3.8, 4) is 5.75 Å². The topological polar surface area (TPSA) is 35.2 Å². The summed E-state index contributed by atoms with van der Waals surface area (Å²) in [5.74, 6) is 0.335. The summed E-state index contributed by atoms with van der Waals surface area (Å²) in [7, 11) is 1.45. The maximum atomic E-state index is 13.4. The van der Waals surface area contributed by atoms with Crippen LogP contribution in [0.15, 0.2) is 42.5 Å². The van der Waals surface area contributed by atoms with Crippen LogP contribution in [-0.4, -0.2) is 7.11 Å². The highest BCUT2D eigenvalue weighted by molar-refractivity contribution is 5.38. The zero-order valence-corrected chi connectivity index (χ0v) is 12.1. The average Bonchev–Trinajstić information content (AvgIpc) is 2.47. The maximum absolute atomic E-state index is 13.4. The van der Waals surface area contributed by atoms with E-state index in [-0.39, 0.29) is 17.6 Å². The molecule has 20 heavy (non-hydrogen) atoms. The summed E-state index contributed by atoms with van der Waals surface area (Å²) in [5.41, 5.74) is 9.35. The minimum Gasteiger partial charge on any atom is -0.494 e. The van der Waals surface area contributed by atoms with Crippen molar-refractivity contribution >= 4 is 0 Å². The van der Waals surface area contributed by atoms with Gasteiger partial charge in [-0.2, -0.15) is 0 Å². The molecule has 2 nitrogen and oxygen atoms in total. The Balaban J connectivity index is 2.28. The summed E-state index contributed by atoms with van der Waals surface area (Å²) < 4.78 is 18.4. The minimum absolute atomic E-state index is 0.219. The quantitative estimate of drug-likeness (QED) is 0.913. The molecule has 3 heteroatoms. The molecule has 0 heterocycles. The Bertz CT molecular complexity index is 578. The van der Waals surface area contributed by atoms with E-state index in [0.29, 0.717) is 5.92 Å². The first-order valence-corrected chi connectivity index (χ1v) is 6.71. The number of hydrogen-bond acceptors (Lipinski definition) is 2. The molecule has 2 aromatic carbocycles. The third-order valence-electron chi connectivity index (χ3n) is 3.50. The first-order valence-electron chi connectivity index (χ1n) is 6.71. The molecular formula is C17H20FNO. The first kappa shape index (κ1) is 14.5. The van der Waals surface area contributed by atoms with Gasteiger partial charge in [-0.3, -0.25) is 0 Å². The highest BCUT2D eigenvalue weighted by Crippen LogP contribution is 2.26. The van der Waals surface area contributed by atoms with Crippen molar-refractivity contribution in [3.05, 3.63) is 65.0 Å². The Hall–Kier alpha value is -1.87. The number of benzene rings is 2. The van der Waals surface area contributed by atoms with Gasteiger partial charge in [0, 0.05) is 0 Å². The molecule has 0 aliphatic heterocycles. The second-order valence-corrected chi connectivity index (χ2v) is 5.19. The van der Waals surface area contributed by atoms with Crippen LogP contribution in [0, 0.1) is 5.82 Å². The van der Waals surface area contributed by atoms with E-state index >= 15 is 0 Å². The normalized spacial score (nSPS) is 12.5. The van der Waals surface area contributed by atoms with E-state index in [4.69, 9.17) is 10.5 Å². The third-order valence-corrected chi connectivity index (χ3v) is 3.50. The molecule has 2 rings (SSSR count). The summed E-state index contributed by atoms with van der Waals surface area (Å²) in [6.45, 7) is 4.31. The van der Waals surface area contributed by atoms with Crippen LogP contribution < -0.4 is 10.5 Å². The fraction of sp³-hybridized carbons (Fsp3) is 0.294. The zero-order chi connectivity index (χ0) is 14.7. The second-order valence-electron chi connectivity index (χ2n) is 5.19. The van der Waals surface area contributed by atoms with Crippen molar-refractivity contribution in [2.45, 2.75) is 25.8 Å². The summed E-state index contributed by atoms with van der Waals surface area (Å²) in [5, 5.41) is 0. The molecule has 0 bridgehead atoms. The van der Waals surface area contributed by atoms with Gasteiger partial charge in [0.05, 0.1) is 13.2 Å². The molecule has 0 saturated carbocycles. The van der Waals surface area contributed by atoms with Gasteiger partial charge in [-0.1, -0.05) is 44.2 Å². The van der Waals surface area contributed by atoms with Crippen LogP contribution in [0.4, 0.5) is 4.39 Å². The molecule has 0 radical (unpaired) electrons. The standard InChI is InChI=1S/C17H20FNO/c1-11(2)12-4-6-13(7-5-12)17(19)14-8-9-15(18)16(10-14)20-3/h4-11,17H,19H2,1-3H3. The maximum Gasteiger partial charge on any atom is 0.165 e. The predicted molar refractivity (Wildman–Crippen MR) is 79.5 cm³/mol. The van der Waals surface area contributed by atoms with Crippen LogP contribution in [-0.2, 0) is 0 Å². The molecule has 1 unspecified atom stereocenters. The number of ether oxygens (including phenoxy) is 1. The number of hydrogen-bond donors (Lipinski definition) is 1. The van der Waals surface area contributed by atoms with E-state index in [1.165, 1.54) is 18.7 Å². The highest BCUT2D eigenvalue weighted by Gasteiger charge is 2.12. The smallest absolute Gasteiger partial charge is 0.165 e. The molecule has 0 aromatic heterocycles. The van der Waals surface area contributed by atoms with Crippen molar-refractivity contribution in [1.29, 1.82) is 0 Å². The highest BCUT2D eigenvalue weighted by atomic mass is 19.1. The second kappa shape index (κ2) is 6.06. The van der Waals surface area contributed by atoms with Gasteiger partial charge in [0.1, 0.15) is 0 Å². The molecule has 0 saturated heterocycles.